The first-order valence-corrected chi connectivity index (χ1v) is 7.75. The Morgan fingerprint density at radius 3 is 2.56 bits per heavy atom. The number of nitro benzene ring substituents is 1. The molecule has 0 fully saturated rings. The van der Waals surface area contributed by atoms with E-state index < -0.39 is 22.9 Å². The van der Waals surface area contributed by atoms with Gasteiger partial charge < -0.3 is 10.1 Å². The van der Waals surface area contributed by atoms with E-state index in [1.54, 1.807) is 6.07 Å². The summed E-state index contributed by atoms with van der Waals surface area (Å²) in [6.07, 6.45) is -1.14. The van der Waals surface area contributed by atoms with Gasteiger partial charge in [-0.2, -0.15) is 0 Å². The van der Waals surface area contributed by atoms with Gasteiger partial charge in [-0.1, -0.05) is 29.3 Å². The van der Waals surface area contributed by atoms with E-state index in [2.05, 4.69) is 5.32 Å². The van der Waals surface area contributed by atoms with Crippen LogP contribution in [0.15, 0.2) is 42.5 Å². The first kappa shape index (κ1) is 18.7. The van der Waals surface area contributed by atoms with Gasteiger partial charge in [-0.25, -0.2) is 4.79 Å². The highest BCUT2D eigenvalue weighted by Crippen LogP contribution is 2.25. The smallest absolute Gasteiger partial charge is 0.339 e. The molecule has 2 aromatic rings. The molecule has 2 rings (SSSR count). The van der Waals surface area contributed by atoms with E-state index >= 15 is 0 Å². The Kier molecular flexibility index (Phi) is 5.95. The number of halogens is 2. The van der Waals surface area contributed by atoms with Crippen molar-refractivity contribution in [1.82, 2.24) is 0 Å². The van der Waals surface area contributed by atoms with Crippen LogP contribution < -0.4 is 5.32 Å². The van der Waals surface area contributed by atoms with Crippen LogP contribution in [0.2, 0.25) is 10.0 Å². The third-order valence-electron chi connectivity index (χ3n) is 3.13. The van der Waals surface area contributed by atoms with Gasteiger partial charge in [0.25, 0.3) is 11.6 Å². The molecule has 2 aromatic carbocycles. The lowest BCUT2D eigenvalue weighted by Gasteiger charge is -2.14. The molecule has 130 valence electrons. The van der Waals surface area contributed by atoms with Crippen LogP contribution >= 0.6 is 23.2 Å². The van der Waals surface area contributed by atoms with Gasteiger partial charge in [0.05, 0.1) is 21.2 Å². The van der Waals surface area contributed by atoms with Crippen molar-refractivity contribution >= 4 is 46.5 Å². The maximum absolute atomic E-state index is 12.1. The number of carbonyl (C=O) groups is 2. The van der Waals surface area contributed by atoms with Crippen molar-refractivity contribution in [3.63, 3.8) is 0 Å². The van der Waals surface area contributed by atoms with Gasteiger partial charge >= 0.3 is 5.97 Å². The molecule has 25 heavy (non-hydrogen) atoms. The van der Waals surface area contributed by atoms with Gasteiger partial charge in [0, 0.05) is 17.2 Å². The molecule has 0 bridgehead atoms. The van der Waals surface area contributed by atoms with E-state index in [0.29, 0.717) is 10.7 Å². The van der Waals surface area contributed by atoms with Crippen LogP contribution in [-0.2, 0) is 9.53 Å². The number of amides is 1. The summed E-state index contributed by atoms with van der Waals surface area (Å²) < 4.78 is 5.03. The molecule has 0 aromatic heterocycles. The van der Waals surface area contributed by atoms with Crippen LogP contribution in [0.3, 0.4) is 0 Å². The summed E-state index contributed by atoms with van der Waals surface area (Å²) in [6, 6.07) is 9.54. The second-order valence-electron chi connectivity index (χ2n) is 4.97. The topological polar surface area (TPSA) is 98.5 Å². The van der Waals surface area contributed by atoms with Crippen molar-refractivity contribution in [2.75, 3.05) is 5.32 Å². The number of nitrogens with one attached hydrogen (secondary N) is 1. The van der Waals surface area contributed by atoms with Gasteiger partial charge in [0.1, 0.15) is 0 Å². The second kappa shape index (κ2) is 7.96. The van der Waals surface area contributed by atoms with Crippen LogP contribution in [0.5, 0.6) is 0 Å². The van der Waals surface area contributed by atoms with E-state index in [9.17, 15) is 19.7 Å². The molecule has 0 aliphatic heterocycles. The fourth-order valence-electron chi connectivity index (χ4n) is 1.85. The minimum Gasteiger partial charge on any atom is -0.449 e. The molecule has 9 heteroatoms. The summed E-state index contributed by atoms with van der Waals surface area (Å²) in [6.45, 7) is 1.37. The number of nitrogens with zero attached hydrogens (tertiary/aromatic N) is 1. The van der Waals surface area contributed by atoms with Crippen molar-refractivity contribution in [3.8, 4) is 0 Å². The first-order chi connectivity index (χ1) is 11.8. The summed E-state index contributed by atoms with van der Waals surface area (Å²) >= 11 is 11.7. The molecule has 0 aliphatic carbocycles. The number of benzene rings is 2. The van der Waals surface area contributed by atoms with Crippen LogP contribution in [0.1, 0.15) is 17.3 Å². The monoisotopic (exact) mass is 382 g/mol. The Bertz CT molecular complexity index is 841. The van der Waals surface area contributed by atoms with Crippen LogP contribution in [-0.4, -0.2) is 22.9 Å². The number of non-ortho nitro benzene ring substituents is 1. The standard InChI is InChI=1S/C16H12Cl2N2O5/c1-9(15(21)19-14-6-5-11(17)8-13(14)18)25-16(22)10-3-2-4-12(7-10)20(23)24/h2-9H,1H3,(H,19,21)/t9-/m0/s1. The molecule has 0 saturated carbocycles. The highest BCUT2D eigenvalue weighted by atomic mass is 35.5. The third kappa shape index (κ3) is 4.91. The second-order valence-corrected chi connectivity index (χ2v) is 5.81. The van der Waals surface area contributed by atoms with Gasteiger partial charge in [-0.15, -0.1) is 0 Å². The lowest BCUT2D eigenvalue weighted by molar-refractivity contribution is -0.384. The highest BCUT2D eigenvalue weighted by molar-refractivity contribution is 6.36. The highest BCUT2D eigenvalue weighted by Gasteiger charge is 2.21. The number of rotatable bonds is 5. The predicted octanol–water partition coefficient (Wildman–Crippen LogP) is 4.09. The molecule has 0 aliphatic rings. The number of ether oxygens (including phenoxy) is 1. The molecule has 0 heterocycles. The number of nitro groups is 1. The van der Waals surface area contributed by atoms with Gasteiger partial charge in [0.15, 0.2) is 6.10 Å². The molecule has 0 saturated heterocycles. The van der Waals surface area contributed by atoms with Gasteiger partial charge in [-0.05, 0) is 31.2 Å². The van der Waals surface area contributed by atoms with Crippen molar-refractivity contribution in [1.29, 1.82) is 0 Å². The Balaban J connectivity index is 2.04. The number of hydrogen-bond donors (Lipinski definition) is 1. The molecule has 1 atom stereocenters. The Hall–Kier alpha value is -2.64. The predicted molar refractivity (Wildman–Crippen MR) is 93.1 cm³/mol. The zero-order valence-electron chi connectivity index (χ0n) is 12.9. The summed E-state index contributed by atoms with van der Waals surface area (Å²) in [5.74, 6) is -1.46. The number of hydrogen-bond acceptors (Lipinski definition) is 5. The van der Waals surface area contributed by atoms with Crippen molar-refractivity contribution in [3.05, 3.63) is 68.2 Å². The zero-order valence-corrected chi connectivity index (χ0v) is 14.4. The minimum atomic E-state index is -1.14. The lowest BCUT2D eigenvalue weighted by Crippen LogP contribution is -2.30. The fraction of sp³-hybridized carbons (Fsp3) is 0.125. The minimum absolute atomic E-state index is 0.0293. The number of esters is 1. The molecule has 1 amide bonds. The van der Waals surface area contributed by atoms with E-state index in [1.165, 1.54) is 37.3 Å². The average Bonchev–Trinajstić information content (AvgIpc) is 2.57. The molecule has 0 unspecified atom stereocenters. The van der Waals surface area contributed by atoms with E-state index in [4.69, 9.17) is 27.9 Å². The van der Waals surface area contributed by atoms with E-state index in [1.807, 2.05) is 0 Å². The molecule has 0 spiro atoms. The third-order valence-corrected chi connectivity index (χ3v) is 3.68. The van der Waals surface area contributed by atoms with Crippen molar-refractivity contribution < 1.29 is 19.2 Å². The van der Waals surface area contributed by atoms with Crippen LogP contribution in [0, 0.1) is 10.1 Å². The Morgan fingerprint density at radius 1 is 1.20 bits per heavy atom. The molecular formula is C16H12Cl2N2O5. The van der Waals surface area contributed by atoms with E-state index in [0.717, 1.165) is 6.07 Å². The van der Waals surface area contributed by atoms with E-state index in [-0.39, 0.29) is 16.3 Å². The molecule has 1 N–H and O–H groups in total. The zero-order chi connectivity index (χ0) is 18.6. The van der Waals surface area contributed by atoms with Crippen LogP contribution in [0.4, 0.5) is 11.4 Å². The number of carbonyl (C=O) groups excluding carboxylic acids is 2. The van der Waals surface area contributed by atoms with Gasteiger partial charge in [-0.3, -0.25) is 14.9 Å². The summed E-state index contributed by atoms with van der Waals surface area (Å²) in [4.78, 5) is 34.2. The quantitative estimate of drug-likeness (QED) is 0.477. The normalized spacial score (nSPS) is 11.5. The molecule has 0 radical (unpaired) electrons. The summed E-state index contributed by atoms with van der Waals surface area (Å²) in [5.41, 5.74) is 0.0344. The SMILES string of the molecule is C[C@H](OC(=O)c1cccc([N+](=O)[O-])c1)C(=O)Nc1ccc(Cl)cc1Cl. The van der Waals surface area contributed by atoms with Gasteiger partial charge in [0.2, 0.25) is 0 Å². The van der Waals surface area contributed by atoms with Crippen LogP contribution in [0.25, 0.3) is 0 Å². The summed E-state index contributed by atoms with van der Waals surface area (Å²) in [5, 5.41) is 13.9. The maximum Gasteiger partial charge on any atom is 0.339 e. The molecular weight excluding hydrogens is 371 g/mol. The average molecular weight is 383 g/mol. The Labute approximate surface area is 152 Å². The summed E-state index contributed by atoms with van der Waals surface area (Å²) in [7, 11) is 0. The first-order valence-electron chi connectivity index (χ1n) is 6.99. The Morgan fingerprint density at radius 2 is 1.92 bits per heavy atom. The lowest BCUT2D eigenvalue weighted by atomic mass is 10.2. The largest absolute Gasteiger partial charge is 0.449 e. The maximum atomic E-state index is 12.1. The number of anilines is 1. The fourth-order valence-corrected chi connectivity index (χ4v) is 2.31. The molecule has 7 nitrogen and oxygen atoms in total. The van der Waals surface area contributed by atoms with Crippen molar-refractivity contribution in [2.24, 2.45) is 0 Å². The van der Waals surface area contributed by atoms with Crippen molar-refractivity contribution in [2.45, 2.75) is 13.0 Å².